The summed E-state index contributed by atoms with van der Waals surface area (Å²) < 4.78 is 5.37. The van der Waals surface area contributed by atoms with E-state index >= 15 is 0 Å². The number of rotatable bonds is 7. The van der Waals surface area contributed by atoms with E-state index in [0.29, 0.717) is 35.3 Å². The molecule has 1 saturated carbocycles. The van der Waals surface area contributed by atoms with E-state index in [2.05, 4.69) is 45.8 Å². The Morgan fingerprint density at radius 2 is 2.09 bits per heavy atom. The third-order valence-corrected chi connectivity index (χ3v) is 6.00. The molecule has 0 bridgehead atoms. The first-order valence-electron chi connectivity index (χ1n) is 11.0. The monoisotopic (exact) mass is 470 g/mol. The van der Waals surface area contributed by atoms with Crippen LogP contribution >= 0.6 is 11.6 Å². The molecule has 1 amide bonds. The lowest BCUT2D eigenvalue weighted by atomic mass is 9.63. The number of hydrogen-bond donors (Lipinski definition) is 3. The zero-order valence-electron chi connectivity index (χ0n) is 19.7. The second-order valence-corrected chi connectivity index (χ2v) is 10.3. The second kappa shape index (κ2) is 9.84. The lowest BCUT2D eigenvalue weighted by Gasteiger charge is -2.52. The number of aromatic nitrogens is 2. The van der Waals surface area contributed by atoms with Gasteiger partial charge in [-0.15, -0.1) is 0 Å². The van der Waals surface area contributed by atoms with Crippen LogP contribution in [0.25, 0.3) is 0 Å². The van der Waals surface area contributed by atoms with Gasteiger partial charge in [0, 0.05) is 29.1 Å². The summed E-state index contributed by atoms with van der Waals surface area (Å²) in [6, 6.07) is 9.82. The van der Waals surface area contributed by atoms with Crippen molar-refractivity contribution in [1.29, 1.82) is 5.26 Å². The predicted octanol–water partition coefficient (Wildman–Crippen LogP) is 4.76. The van der Waals surface area contributed by atoms with Crippen LogP contribution in [0.15, 0.2) is 30.5 Å². The van der Waals surface area contributed by atoms with Crippen LogP contribution in [0.3, 0.4) is 0 Å². The molecule has 1 aromatic carbocycles. The summed E-state index contributed by atoms with van der Waals surface area (Å²) >= 11 is 6.04. The molecule has 1 aliphatic carbocycles. The average molecular weight is 471 g/mol. The molecule has 1 aromatic heterocycles. The predicted molar refractivity (Wildman–Crippen MR) is 129 cm³/mol. The molecule has 9 heteroatoms. The Morgan fingerprint density at radius 3 is 2.73 bits per heavy atom. The number of nitrogens with zero attached hydrogens (tertiary/aromatic N) is 3. The standard InChI is InChI=1S/C24H31ClN6O2/c1-23(2,3)33-22(32)30-19-12-18(24(19,4)5)29-20-16(13-26)14-28-21(31-20)27-10-9-15-7-6-8-17(25)11-15/h6-8,11,14,18-19H,9-10,12H2,1-5H3,(H,30,32)(H2,27,28,29,31)/t18-,19+/m1/s1. The number of hydrogen-bond acceptors (Lipinski definition) is 7. The van der Waals surface area contributed by atoms with Crippen LogP contribution in [0.1, 0.15) is 52.2 Å². The summed E-state index contributed by atoms with van der Waals surface area (Å²) in [4.78, 5) is 20.9. The third kappa shape index (κ3) is 6.48. The summed E-state index contributed by atoms with van der Waals surface area (Å²) in [7, 11) is 0. The molecule has 0 unspecified atom stereocenters. The molecule has 3 rings (SSSR count). The normalized spacial score (nSPS) is 19.1. The van der Waals surface area contributed by atoms with Crippen molar-refractivity contribution in [1.82, 2.24) is 15.3 Å². The Morgan fingerprint density at radius 1 is 1.33 bits per heavy atom. The summed E-state index contributed by atoms with van der Waals surface area (Å²) in [6.45, 7) is 10.3. The van der Waals surface area contributed by atoms with Gasteiger partial charge in [-0.05, 0) is 51.3 Å². The lowest BCUT2D eigenvalue weighted by molar-refractivity contribution is 0.0289. The van der Waals surface area contributed by atoms with Crippen molar-refractivity contribution in [2.24, 2.45) is 5.41 Å². The molecule has 3 N–H and O–H groups in total. The number of ether oxygens (including phenoxy) is 1. The number of nitriles is 1. The second-order valence-electron chi connectivity index (χ2n) is 9.83. The van der Waals surface area contributed by atoms with Crippen molar-refractivity contribution >= 4 is 29.5 Å². The summed E-state index contributed by atoms with van der Waals surface area (Å²) in [5.74, 6) is 0.922. The Hall–Kier alpha value is -3.05. The van der Waals surface area contributed by atoms with Gasteiger partial charge in [-0.1, -0.05) is 37.6 Å². The Kier molecular flexibility index (Phi) is 7.33. The van der Waals surface area contributed by atoms with Crippen molar-refractivity contribution < 1.29 is 9.53 Å². The van der Waals surface area contributed by atoms with Crippen LogP contribution in [0.4, 0.5) is 16.6 Å². The molecule has 0 spiro atoms. The molecule has 0 radical (unpaired) electrons. The minimum atomic E-state index is -0.547. The van der Waals surface area contributed by atoms with Crippen LogP contribution in [-0.2, 0) is 11.2 Å². The van der Waals surface area contributed by atoms with E-state index in [9.17, 15) is 10.1 Å². The van der Waals surface area contributed by atoms with Crippen LogP contribution in [0.2, 0.25) is 5.02 Å². The van der Waals surface area contributed by atoms with Gasteiger partial charge in [-0.2, -0.15) is 10.2 Å². The van der Waals surface area contributed by atoms with Crippen molar-refractivity contribution in [2.75, 3.05) is 17.2 Å². The van der Waals surface area contributed by atoms with Gasteiger partial charge in [0.15, 0.2) is 0 Å². The van der Waals surface area contributed by atoms with Gasteiger partial charge in [-0.3, -0.25) is 0 Å². The molecule has 1 aliphatic rings. The van der Waals surface area contributed by atoms with Gasteiger partial charge in [0.2, 0.25) is 5.95 Å². The van der Waals surface area contributed by atoms with Crippen molar-refractivity contribution in [3.05, 3.63) is 46.6 Å². The average Bonchev–Trinajstić information content (AvgIpc) is 2.72. The van der Waals surface area contributed by atoms with Gasteiger partial charge in [0.05, 0.1) is 6.20 Å². The lowest BCUT2D eigenvalue weighted by Crippen LogP contribution is -2.64. The van der Waals surface area contributed by atoms with Crippen LogP contribution in [-0.4, -0.2) is 40.3 Å². The minimum absolute atomic E-state index is 0.0266. The topological polar surface area (TPSA) is 112 Å². The summed E-state index contributed by atoms with van der Waals surface area (Å²) in [5, 5.41) is 19.7. The Balaban J connectivity index is 1.60. The first-order chi connectivity index (χ1) is 15.5. The molecule has 0 saturated heterocycles. The molecular formula is C24H31ClN6O2. The number of nitrogens with one attached hydrogen (secondary N) is 3. The highest BCUT2D eigenvalue weighted by Crippen LogP contribution is 2.42. The molecule has 8 nitrogen and oxygen atoms in total. The van der Waals surface area contributed by atoms with Crippen LogP contribution < -0.4 is 16.0 Å². The maximum Gasteiger partial charge on any atom is 0.407 e. The van der Waals surface area contributed by atoms with Gasteiger partial charge < -0.3 is 20.7 Å². The molecule has 0 aliphatic heterocycles. The highest BCUT2D eigenvalue weighted by molar-refractivity contribution is 6.30. The molecule has 176 valence electrons. The van der Waals surface area contributed by atoms with Gasteiger partial charge >= 0.3 is 6.09 Å². The van der Waals surface area contributed by atoms with Crippen molar-refractivity contribution in [3.8, 4) is 6.07 Å². The maximum atomic E-state index is 12.1. The molecule has 33 heavy (non-hydrogen) atoms. The fraction of sp³-hybridized carbons (Fsp3) is 0.500. The quantitative estimate of drug-likeness (QED) is 0.534. The molecule has 1 fully saturated rings. The number of alkyl carbamates (subject to hydrolysis) is 1. The fourth-order valence-corrected chi connectivity index (χ4v) is 3.91. The van der Waals surface area contributed by atoms with E-state index in [1.807, 2.05) is 45.0 Å². The van der Waals surface area contributed by atoms with Crippen molar-refractivity contribution in [3.63, 3.8) is 0 Å². The largest absolute Gasteiger partial charge is 0.444 e. The Labute approximate surface area is 200 Å². The SMILES string of the molecule is CC(C)(C)OC(=O)N[C@H]1C[C@@H](Nc2nc(NCCc3cccc(Cl)c3)ncc2C#N)C1(C)C. The number of amides is 1. The first-order valence-corrected chi connectivity index (χ1v) is 11.4. The smallest absolute Gasteiger partial charge is 0.407 e. The number of anilines is 2. The number of carbonyl (C=O) groups excluding carboxylic acids is 1. The number of carbonyl (C=O) groups is 1. The molecule has 1 heterocycles. The zero-order valence-corrected chi connectivity index (χ0v) is 20.5. The third-order valence-electron chi connectivity index (χ3n) is 5.76. The fourth-order valence-electron chi connectivity index (χ4n) is 3.70. The zero-order chi connectivity index (χ0) is 24.2. The van der Waals surface area contributed by atoms with E-state index in [0.717, 1.165) is 12.0 Å². The van der Waals surface area contributed by atoms with E-state index < -0.39 is 11.7 Å². The number of halogens is 1. The highest BCUT2D eigenvalue weighted by Gasteiger charge is 2.49. The van der Waals surface area contributed by atoms with E-state index in [-0.39, 0.29) is 17.5 Å². The van der Waals surface area contributed by atoms with Crippen LogP contribution in [0, 0.1) is 16.7 Å². The molecule has 2 aromatic rings. The van der Waals surface area contributed by atoms with E-state index in [4.69, 9.17) is 16.3 Å². The first kappa shape index (κ1) is 24.6. The van der Waals surface area contributed by atoms with Crippen LogP contribution in [0.5, 0.6) is 0 Å². The van der Waals surface area contributed by atoms with Crippen molar-refractivity contribution in [2.45, 2.75) is 65.1 Å². The van der Waals surface area contributed by atoms with E-state index in [1.54, 1.807) is 0 Å². The van der Waals surface area contributed by atoms with Gasteiger partial charge in [-0.25, -0.2) is 9.78 Å². The number of benzene rings is 1. The van der Waals surface area contributed by atoms with E-state index in [1.165, 1.54) is 6.20 Å². The van der Waals surface area contributed by atoms with Gasteiger partial charge in [0.1, 0.15) is 23.1 Å². The summed E-state index contributed by atoms with van der Waals surface area (Å²) in [5.41, 5.74) is 0.680. The van der Waals surface area contributed by atoms with Gasteiger partial charge in [0.25, 0.3) is 0 Å². The molecular weight excluding hydrogens is 440 g/mol. The summed E-state index contributed by atoms with van der Waals surface area (Å²) in [6.07, 6.45) is 2.54. The Bertz CT molecular complexity index is 1040. The highest BCUT2D eigenvalue weighted by atomic mass is 35.5. The maximum absolute atomic E-state index is 12.1. The molecule has 2 atom stereocenters. The minimum Gasteiger partial charge on any atom is -0.444 e.